The van der Waals surface area contributed by atoms with Crippen molar-refractivity contribution in [2.45, 2.75) is 19.3 Å². The number of rotatable bonds is 3. The van der Waals surface area contributed by atoms with Crippen LogP contribution in [0, 0.1) is 15.9 Å². The van der Waals surface area contributed by atoms with Crippen LogP contribution in [-0.4, -0.2) is 21.6 Å². The third kappa shape index (κ3) is 1.95. The molecule has 0 aliphatic heterocycles. The number of nitrogens with one attached hydrogen (secondary N) is 1. The summed E-state index contributed by atoms with van der Waals surface area (Å²) in [5.41, 5.74) is 0.133. The average Bonchev–Trinajstić information content (AvgIpc) is 2.71. The maximum absolute atomic E-state index is 13.4. The lowest BCUT2D eigenvalue weighted by Crippen LogP contribution is -2.22. The molecule has 0 unspecified atom stereocenters. The lowest BCUT2D eigenvalue weighted by atomic mass is 9.91. The van der Waals surface area contributed by atoms with Crippen LogP contribution in [0.25, 0.3) is 10.9 Å². The van der Waals surface area contributed by atoms with E-state index >= 15 is 0 Å². The first-order valence-electron chi connectivity index (χ1n) is 5.43. The fourth-order valence-electron chi connectivity index (χ4n) is 1.73. The molecule has 0 bridgehead atoms. The van der Waals surface area contributed by atoms with Gasteiger partial charge < -0.3 is 10.1 Å². The number of halogens is 1. The molecule has 6 heteroatoms. The monoisotopic (exact) mass is 252 g/mol. The zero-order chi connectivity index (χ0) is 13.5. The van der Waals surface area contributed by atoms with E-state index in [9.17, 15) is 19.6 Å². The van der Waals surface area contributed by atoms with Gasteiger partial charge in [0.05, 0.1) is 11.5 Å². The van der Waals surface area contributed by atoms with Crippen molar-refractivity contribution < 1.29 is 14.4 Å². The summed E-state index contributed by atoms with van der Waals surface area (Å²) in [6.07, 6.45) is 0. The minimum atomic E-state index is -0.872. The Morgan fingerprint density at radius 3 is 2.67 bits per heavy atom. The van der Waals surface area contributed by atoms with Gasteiger partial charge in [-0.2, -0.15) is 4.39 Å². The van der Waals surface area contributed by atoms with Gasteiger partial charge in [0.1, 0.15) is 0 Å². The van der Waals surface area contributed by atoms with Crippen LogP contribution in [0.5, 0.6) is 0 Å². The molecule has 5 nitrogen and oxygen atoms in total. The predicted octanol–water partition coefficient (Wildman–Crippen LogP) is 2.49. The maximum Gasteiger partial charge on any atom is 0.305 e. The lowest BCUT2D eigenvalue weighted by molar-refractivity contribution is -0.387. The number of nitro benzene ring substituents is 1. The van der Waals surface area contributed by atoms with E-state index < -0.39 is 21.8 Å². The van der Waals surface area contributed by atoms with Crippen LogP contribution in [0.3, 0.4) is 0 Å². The lowest BCUT2D eigenvalue weighted by Gasteiger charge is -2.19. The van der Waals surface area contributed by atoms with Gasteiger partial charge in [-0.25, -0.2) is 0 Å². The van der Waals surface area contributed by atoms with Crippen molar-refractivity contribution in [3.05, 3.63) is 39.8 Å². The highest BCUT2D eigenvalue weighted by Gasteiger charge is 2.23. The van der Waals surface area contributed by atoms with Crippen LogP contribution in [-0.2, 0) is 5.41 Å². The molecule has 0 amide bonds. The number of H-pyrrole nitrogens is 1. The molecule has 2 rings (SSSR count). The highest BCUT2D eigenvalue weighted by Crippen LogP contribution is 2.29. The molecule has 1 aromatic carbocycles. The Morgan fingerprint density at radius 1 is 1.44 bits per heavy atom. The zero-order valence-corrected chi connectivity index (χ0v) is 10.0. The molecule has 1 aromatic heterocycles. The zero-order valence-electron chi connectivity index (χ0n) is 10.0. The van der Waals surface area contributed by atoms with E-state index in [-0.39, 0.29) is 6.61 Å². The summed E-state index contributed by atoms with van der Waals surface area (Å²) < 4.78 is 13.4. The van der Waals surface area contributed by atoms with Crippen molar-refractivity contribution in [3.8, 4) is 0 Å². The number of aromatic nitrogens is 1. The Morgan fingerprint density at radius 2 is 2.11 bits per heavy atom. The fraction of sp³-hybridized carbons (Fsp3) is 0.333. The van der Waals surface area contributed by atoms with Gasteiger partial charge in [-0.1, -0.05) is 13.8 Å². The van der Waals surface area contributed by atoms with Crippen LogP contribution < -0.4 is 0 Å². The average molecular weight is 252 g/mol. The van der Waals surface area contributed by atoms with E-state index in [1.165, 1.54) is 6.07 Å². The second-order valence-corrected chi connectivity index (χ2v) is 4.87. The summed E-state index contributed by atoms with van der Waals surface area (Å²) in [6, 6.07) is 3.99. The summed E-state index contributed by atoms with van der Waals surface area (Å²) >= 11 is 0. The van der Waals surface area contributed by atoms with Gasteiger partial charge in [-0.15, -0.1) is 0 Å². The molecule has 0 radical (unpaired) electrons. The van der Waals surface area contributed by atoms with Crippen molar-refractivity contribution in [2.24, 2.45) is 0 Å². The van der Waals surface area contributed by atoms with E-state index in [1.54, 1.807) is 6.07 Å². The van der Waals surface area contributed by atoms with Crippen molar-refractivity contribution in [1.82, 2.24) is 4.98 Å². The molecular formula is C12H13FN2O3. The SMILES string of the molecule is CC(C)(CO)c1cc2cc([N+](=O)[O-])c(F)cc2[nH]1. The number of aliphatic hydroxyl groups excluding tert-OH is 1. The molecular weight excluding hydrogens is 239 g/mol. The number of hydrogen-bond donors (Lipinski definition) is 2. The molecule has 0 aliphatic rings. The van der Waals surface area contributed by atoms with Crippen LogP contribution in [0.1, 0.15) is 19.5 Å². The van der Waals surface area contributed by atoms with Crippen molar-refractivity contribution in [2.75, 3.05) is 6.61 Å². The van der Waals surface area contributed by atoms with Crippen molar-refractivity contribution in [3.63, 3.8) is 0 Å². The van der Waals surface area contributed by atoms with Gasteiger partial charge in [-0.3, -0.25) is 10.1 Å². The Hall–Kier alpha value is -1.95. The molecule has 18 heavy (non-hydrogen) atoms. The molecule has 96 valence electrons. The fourth-order valence-corrected chi connectivity index (χ4v) is 1.73. The van der Waals surface area contributed by atoms with Gasteiger partial charge in [0.2, 0.25) is 5.82 Å². The molecule has 1 heterocycles. The first-order valence-corrected chi connectivity index (χ1v) is 5.43. The predicted molar refractivity (Wildman–Crippen MR) is 65.0 cm³/mol. The first-order chi connectivity index (χ1) is 8.35. The van der Waals surface area contributed by atoms with Gasteiger partial charge in [0, 0.05) is 34.1 Å². The van der Waals surface area contributed by atoms with Crippen molar-refractivity contribution in [1.29, 1.82) is 0 Å². The smallest absolute Gasteiger partial charge is 0.305 e. The van der Waals surface area contributed by atoms with E-state index in [0.29, 0.717) is 16.6 Å². The van der Waals surface area contributed by atoms with E-state index in [4.69, 9.17) is 0 Å². The van der Waals surface area contributed by atoms with Gasteiger partial charge in [0.25, 0.3) is 0 Å². The Balaban J connectivity index is 2.62. The highest BCUT2D eigenvalue weighted by atomic mass is 19.1. The van der Waals surface area contributed by atoms with E-state index in [1.807, 2.05) is 13.8 Å². The second kappa shape index (κ2) is 4.06. The molecule has 2 N–H and O–H groups in total. The van der Waals surface area contributed by atoms with Gasteiger partial charge in [0.15, 0.2) is 0 Å². The van der Waals surface area contributed by atoms with Gasteiger partial charge in [-0.05, 0) is 6.07 Å². The molecule has 2 aromatic rings. The Bertz CT molecular complexity index is 619. The summed E-state index contributed by atoms with van der Waals surface area (Å²) in [5.74, 6) is -0.872. The van der Waals surface area contributed by atoms with Crippen LogP contribution >= 0.6 is 0 Å². The second-order valence-electron chi connectivity index (χ2n) is 4.87. The number of aromatic amines is 1. The minimum Gasteiger partial charge on any atom is -0.395 e. The molecule has 0 aliphatic carbocycles. The molecule has 0 saturated carbocycles. The highest BCUT2D eigenvalue weighted by molar-refractivity contribution is 5.83. The molecule has 0 fully saturated rings. The minimum absolute atomic E-state index is 0.0790. The number of fused-ring (bicyclic) bond motifs is 1. The number of hydrogen-bond acceptors (Lipinski definition) is 3. The van der Waals surface area contributed by atoms with E-state index in [2.05, 4.69) is 4.98 Å². The van der Waals surface area contributed by atoms with Gasteiger partial charge >= 0.3 is 5.69 Å². The summed E-state index contributed by atoms with van der Waals surface area (Å²) in [7, 11) is 0. The van der Waals surface area contributed by atoms with Crippen LogP contribution in [0.2, 0.25) is 0 Å². The summed E-state index contributed by atoms with van der Waals surface area (Å²) in [5, 5.41) is 20.5. The number of benzene rings is 1. The quantitative estimate of drug-likeness (QED) is 0.650. The molecule has 0 spiro atoms. The Labute approximate surface area is 102 Å². The largest absolute Gasteiger partial charge is 0.395 e. The first kappa shape index (κ1) is 12.5. The van der Waals surface area contributed by atoms with Crippen LogP contribution in [0.4, 0.5) is 10.1 Å². The van der Waals surface area contributed by atoms with E-state index in [0.717, 1.165) is 6.07 Å². The molecule has 0 saturated heterocycles. The summed E-state index contributed by atoms with van der Waals surface area (Å²) in [4.78, 5) is 12.9. The Kier molecular flexibility index (Phi) is 2.82. The number of nitro groups is 1. The number of nitrogens with zero attached hydrogens (tertiary/aromatic N) is 1. The molecule has 0 atom stereocenters. The van der Waals surface area contributed by atoms with Crippen LogP contribution in [0.15, 0.2) is 18.2 Å². The maximum atomic E-state index is 13.4. The third-order valence-corrected chi connectivity index (χ3v) is 3.01. The topological polar surface area (TPSA) is 79.2 Å². The third-order valence-electron chi connectivity index (χ3n) is 3.01. The normalized spacial score (nSPS) is 12.0. The number of aliphatic hydroxyl groups is 1. The summed E-state index contributed by atoms with van der Waals surface area (Å²) in [6.45, 7) is 3.56. The standard InChI is InChI=1S/C12H13FN2O3/c1-12(2,6-16)11-4-7-3-10(15(17)18)8(13)5-9(7)14-11/h3-5,14,16H,6H2,1-2H3. The van der Waals surface area contributed by atoms with Crippen molar-refractivity contribution >= 4 is 16.6 Å².